The molecule has 3 aliphatic rings. The van der Waals surface area contributed by atoms with Crippen molar-refractivity contribution in [3.8, 4) is 0 Å². The van der Waals surface area contributed by atoms with Gasteiger partial charge in [-0.3, -0.25) is 0 Å². The number of hydrogen-bond acceptors (Lipinski definition) is 7. The molecule has 1 aliphatic heterocycles. The summed E-state index contributed by atoms with van der Waals surface area (Å²) in [5.74, 6) is 0.972. The molecule has 180 valence electrons. The van der Waals surface area contributed by atoms with Crippen molar-refractivity contribution in [3.63, 3.8) is 0 Å². The van der Waals surface area contributed by atoms with Gasteiger partial charge < -0.3 is 25.5 Å². The summed E-state index contributed by atoms with van der Waals surface area (Å²) in [7, 11) is 0. The van der Waals surface area contributed by atoms with Crippen molar-refractivity contribution in [3.05, 3.63) is 54.0 Å². The lowest BCUT2D eigenvalue weighted by Gasteiger charge is -2.24. The van der Waals surface area contributed by atoms with Crippen LogP contribution in [0.15, 0.2) is 42.9 Å². The second-order valence-electron chi connectivity index (χ2n) is 11.0. The van der Waals surface area contributed by atoms with Crippen LogP contribution >= 0.6 is 0 Å². The Bertz CT molecular complexity index is 1500. The van der Waals surface area contributed by atoms with Gasteiger partial charge in [-0.05, 0) is 75.3 Å². The van der Waals surface area contributed by atoms with E-state index >= 15 is 0 Å². The standard InChI is InChI=1S/C27H30N6O2/c1-14-10-16-5-4-15(11-19(16)32-23(14)28)6-8-27-12-18(27)20(21-22(27)35-26(2,3)34-21)33-9-7-17-24(29)30-13-31-25(17)33/h4-5,7,9-11,13,18,20-22H,6,8,12H2,1-3H3,(H2,28,32)(H2,29,30,31)/t18-,20-,21+,22+,27-/m1/s1. The van der Waals surface area contributed by atoms with Crippen molar-refractivity contribution in [1.29, 1.82) is 0 Å². The maximum Gasteiger partial charge on any atom is 0.163 e. The zero-order chi connectivity index (χ0) is 24.1. The van der Waals surface area contributed by atoms with Crippen LogP contribution in [0.3, 0.4) is 0 Å². The van der Waals surface area contributed by atoms with Crippen LogP contribution in [0.4, 0.5) is 11.6 Å². The fourth-order valence-corrected chi connectivity index (χ4v) is 6.73. The van der Waals surface area contributed by atoms with E-state index in [0.717, 1.165) is 46.8 Å². The second-order valence-corrected chi connectivity index (χ2v) is 11.0. The number of fused-ring (bicyclic) bond motifs is 5. The number of anilines is 2. The summed E-state index contributed by atoms with van der Waals surface area (Å²) in [5.41, 5.74) is 16.4. The minimum Gasteiger partial charge on any atom is -0.383 e. The number of ether oxygens (including phenoxy) is 2. The lowest BCUT2D eigenvalue weighted by Crippen LogP contribution is -2.32. The maximum absolute atomic E-state index is 6.56. The predicted octanol–water partition coefficient (Wildman–Crippen LogP) is 4.17. The SMILES string of the molecule is Cc1cc2ccc(CC[C@@]34C[C@@H]3[C@@H](n3ccc5c(N)ncnc53)[C@@H]3OC(C)(C)O[C@@H]34)cc2nc1N. The molecule has 0 unspecified atom stereocenters. The molecule has 8 nitrogen and oxygen atoms in total. The molecule has 8 heteroatoms. The van der Waals surface area contributed by atoms with Gasteiger partial charge in [0.2, 0.25) is 0 Å². The third-order valence-corrected chi connectivity index (χ3v) is 8.48. The fraction of sp³-hybridized carbons (Fsp3) is 0.444. The van der Waals surface area contributed by atoms with Gasteiger partial charge in [-0.25, -0.2) is 15.0 Å². The summed E-state index contributed by atoms with van der Waals surface area (Å²) in [4.78, 5) is 13.3. The highest BCUT2D eigenvalue weighted by atomic mass is 16.8. The summed E-state index contributed by atoms with van der Waals surface area (Å²) in [5, 5.41) is 2.01. The van der Waals surface area contributed by atoms with E-state index in [1.165, 1.54) is 5.56 Å². The van der Waals surface area contributed by atoms with Gasteiger partial charge in [0.1, 0.15) is 29.7 Å². The highest BCUT2D eigenvalue weighted by Gasteiger charge is 2.75. The normalized spacial score (nSPS) is 30.6. The molecular formula is C27H30N6O2. The van der Waals surface area contributed by atoms with Crippen LogP contribution in [0.25, 0.3) is 21.9 Å². The van der Waals surface area contributed by atoms with E-state index in [9.17, 15) is 0 Å². The molecule has 0 bridgehead atoms. The van der Waals surface area contributed by atoms with Gasteiger partial charge >= 0.3 is 0 Å². The Morgan fingerprint density at radius 1 is 1.09 bits per heavy atom. The Morgan fingerprint density at radius 3 is 2.80 bits per heavy atom. The lowest BCUT2D eigenvalue weighted by atomic mass is 9.91. The van der Waals surface area contributed by atoms with Crippen LogP contribution < -0.4 is 11.5 Å². The topological polar surface area (TPSA) is 114 Å². The molecule has 1 saturated heterocycles. The number of pyridine rings is 1. The Kier molecular flexibility index (Phi) is 4.17. The number of nitrogen functional groups attached to an aromatic ring is 2. The van der Waals surface area contributed by atoms with Crippen molar-refractivity contribution >= 4 is 33.6 Å². The zero-order valence-electron chi connectivity index (χ0n) is 20.2. The molecular weight excluding hydrogens is 440 g/mol. The average Bonchev–Trinajstić information content (AvgIpc) is 3.07. The average molecular weight is 471 g/mol. The van der Waals surface area contributed by atoms with Crippen molar-refractivity contribution < 1.29 is 9.47 Å². The number of rotatable bonds is 4. The minimum absolute atomic E-state index is 0.0171. The van der Waals surface area contributed by atoms with Gasteiger partial charge in [0.05, 0.1) is 23.0 Å². The summed E-state index contributed by atoms with van der Waals surface area (Å²) in [6.07, 6.45) is 6.79. The Labute approximate surface area is 203 Å². The minimum atomic E-state index is -0.604. The van der Waals surface area contributed by atoms with E-state index in [1.54, 1.807) is 6.33 Å². The first-order chi connectivity index (χ1) is 16.8. The van der Waals surface area contributed by atoms with Gasteiger partial charge in [0.25, 0.3) is 0 Å². The first-order valence-corrected chi connectivity index (χ1v) is 12.3. The van der Waals surface area contributed by atoms with E-state index in [4.69, 9.17) is 20.9 Å². The monoisotopic (exact) mass is 470 g/mol. The number of nitrogens with zero attached hydrogens (tertiary/aromatic N) is 4. The summed E-state index contributed by atoms with van der Waals surface area (Å²) in [6.45, 7) is 6.03. The highest BCUT2D eigenvalue weighted by Crippen LogP contribution is 2.73. The zero-order valence-corrected chi connectivity index (χ0v) is 20.2. The number of aryl methyl sites for hydroxylation is 2. The maximum atomic E-state index is 6.56. The largest absolute Gasteiger partial charge is 0.383 e. The molecule has 2 saturated carbocycles. The molecule has 3 fully saturated rings. The molecule has 7 rings (SSSR count). The molecule has 35 heavy (non-hydrogen) atoms. The Hall–Kier alpha value is -3.23. The van der Waals surface area contributed by atoms with Gasteiger partial charge in [0, 0.05) is 17.0 Å². The molecule has 0 radical (unpaired) electrons. The van der Waals surface area contributed by atoms with Gasteiger partial charge in [0.15, 0.2) is 5.79 Å². The van der Waals surface area contributed by atoms with Crippen LogP contribution in [0, 0.1) is 18.3 Å². The Morgan fingerprint density at radius 2 is 1.94 bits per heavy atom. The van der Waals surface area contributed by atoms with Crippen molar-refractivity contribution in [2.45, 2.75) is 64.1 Å². The molecule has 5 atom stereocenters. The van der Waals surface area contributed by atoms with Crippen LogP contribution in [0.2, 0.25) is 0 Å². The quantitative estimate of drug-likeness (QED) is 0.460. The predicted molar refractivity (Wildman–Crippen MR) is 135 cm³/mol. The van der Waals surface area contributed by atoms with Gasteiger partial charge in [-0.2, -0.15) is 0 Å². The summed E-state index contributed by atoms with van der Waals surface area (Å²) < 4.78 is 15.3. The smallest absolute Gasteiger partial charge is 0.163 e. The lowest BCUT2D eigenvalue weighted by molar-refractivity contribution is -0.161. The van der Waals surface area contributed by atoms with E-state index in [0.29, 0.717) is 17.6 Å². The Balaban J connectivity index is 1.21. The number of nitrogens with two attached hydrogens (primary N) is 2. The molecule has 0 amide bonds. The number of hydrogen-bond donors (Lipinski definition) is 2. The highest BCUT2D eigenvalue weighted by molar-refractivity contribution is 5.86. The van der Waals surface area contributed by atoms with Crippen molar-refractivity contribution in [2.24, 2.45) is 11.3 Å². The van der Waals surface area contributed by atoms with Crippen LogP contribution in [-0.4, -0.2) is 37.5 Å². The third kappa shape index (κ3) is 3.02. The van der Waals surface area contributed by atoms with Gasteiger partial charge in [-0.15, -0.1) is 0 Å². The molecule has 4 N–H and O–H groups in total. The van der Waals surface area contributed by atoms with E-state index in [1.807, 2.05) is 26.8 Å². The van der Waals surface area contributed by atoms with Crippen LogP contribution in [0.5, 0.6) is 0 Å². The molecule has 1 aromatic carbocycles. The molecule has 4 aromatic rings. The second kappa shape index (κ2) is 6.92. The molecule has 0 spiro atoms. The summed E-state index contributed by atoms with van der Waals surface area (Å²) >= 11 is 0. The van der Waals surface area contributed by atoms with E-state index in [2.05, 4.69) is 50.0 Å². The van der Waals surface area contributed by atoms with E-state index in [-0.39, 0.29) is 23.7 Å². The molecule has 3 aromatic heterocycles. The molecule has 4 heterocycles. The van der Waals surface area contributed by atoms with Crippen molar-refractivity contribution in [1.82, 2.24) is 19.5 Å². The first kappa shape index (κ1) is 21.1. The van der Waals surface area contributed by atoms with Gasteiger partial charge in [-0.1, -0.05) is 12.1 Å². The molecule has 2 aliphatic carbocycles. The number of benzene rings is 1. The third-order valence-electron chi connectivity index (χ3n) is 8.48. The summed E-state index contributed by atoms with van der Waals surface area (Å²) in [6, 6.07) is 10.8. The van der Waals surface area contributed by atoms with Crippen LogP contribution in [0.1, 0.15) is 43.9 Å². The number of aromatic nitrogens is 4. The van der Waals surface area contributed by atoms with Crippen LogP contribution in [-0.2, 0) is 15.9 Å². The van der Waals surface area contributed by atoms with E-state index < -0.39 is 5.79 Å². The first-order valence-electron chi connectivity index (χ1n) is 12.3. The van der Waals surface area contributed by atoms with Crippen molar-refractivity contribution in [2.75, 3.05) is 11.5 Å². The fourth-order valence-electron chi connectivity index (χ4n) is 6.73.